The highest BCUT2D eigenvalue weighted by atomic mass is 35.5. The molecule has 0 radical (unpaired) electrons. The summed E-state index contributed by atoms with van der Waals surface area (Å²) in [6.45, 7) is 0. The van der Waals surface area contributed by atoms with Crippen LogP contribution in [0.3, 0.4) is 0 Å². The monoisotopic (exact) mass is 271 g/mol. The zero-order valence-electron chi connectivity index (χ0n) is 9.49. The fourth-order valence-electron chi connectivity index (χ4n) is 2.40. The highest BCUT2D eigenvalue weighted by Gasteiger charge is 2.54. The average Bonchev–Trinajstić information content (AvgIpc) is 2.33. The molecule has 1 aromatic carbocycles. The van der Waals surface area contributed by atoms with E-state index in [2.05, 4.69) is 0 Å². The van der Waals surface area contributed by atoms with Gasteiger partial charge in [-0.25, -0.2) is 4.39 Å². The molecule has 0 aliphatic heterocycles. The molecule has 1 saturated carbocycles. The molecule has 0 spiro atoms. The van der Waals surface area contributed by atoms with Gasteiger partial charge in [0, 0.05) is 22.8 Å². The molecule has 6 heteroatoms. The number of hydrogen-bond donors (Lipinski definition) is 0. The van der Waals surface area contributed by atoms with Crippen LogP contribution in [0.15, 0.2) is 18.2 Å². The second-order valence-electron chi connectivity index (χ2n) is 4.37. The van der Waals surface area contributed by atoms with Crippen LogP contribution in [0.5, 0.6) is 0 Å². The maximum absolute atomic E-state index is 13.8. The second-order valence-corrected chi connectivity index (χ2v) is 4.81. The van der Waals surface area contributed by atoms with Crippen LogP contribution >= 0.6 is 11.6 Å². The van der Waals surface area contributed by atoms with Gasteiger partial charge in [0.25, 0.3) is 0 Å². The van der Waals surface area contributed by atoms with Crippen molar-refractivity contribution in [3.05, 3.63) is 44.7 Å². The van der Waals surface area contributed by atoms with Crippen molar-refractivity contribution in [1.29, 1.82) is 0 Å². The van der Waals surface area contributed by atoms with Gasteiger partial charge in [-0.3, -0.25) is 14.9 Å². The maximum atomic E-state index is 13.8. The van der Waals surface area contributed by atoms with E-state index in [1.165, 1.54) is 12.1 Å². The van der Waals surface area contributed by atoms with Crippen LogP contribution in [0.2, 0.25) is 5.02 Å². The average molecular weight is 272 g/mol. The van der Waals surface area contributed by atoms with Gasteiger partial charge in [0.1, 0.15) is 5.82 Å². The third-order valence-electron chi connectivity index (χ3n) is 3.34. The number of benzene rings is 1. The Bertz CT molecular complexity index is 520. The maximum Gasteiger partial charge on any atom is 0.306 e. The predicted octanol–water partition coefficient (Wildman–Crippen LogP) is 3.09. The van der Waals surface area contributed by atoms with E-state index in [4.69, 9.17) is 11.6 Å². The molecule has 0 aromatic heterocycles. The van der Waals surface area contributed by atoms with E-state index in [0.29, 0.717) is 12.8 Å². The molecule has 1 fully saturated rings. The molecule has 96 valence electrons. The lowest BCUT2D eigenvalue weighted by Crippen LogP contribution is -2.46. The predicted molar refractivity (Wildman–Crippen MR) is 63.6 cm³/mol. The first kappa shape index (κ1) is 13.0. The molecule has 0 bridgehead atoms. The van der Waals surface area contributed by atoms with Gasteiger partial charge in [0.05, 0.1) is 5.56 Å². The molecule has 1 atom stereocenters. The quantitative estimate of drug-likeness (QED) is 0.613. The highest BCUT2D eigenvalue weighted by Crippen LogP contribution is 2.39. The zero-order valence-corrected chi connectivity index (χ0v) is 10.2. The first-order chi connectivity index (χ1) is 8.48. The summed E-state index contributed by atoms with van der Waals surface area (Å²) >= 11 is 5.75. The Morgan fingerprint density at radius 3 is 2.72 bits per heavy atom. The molecule has 1 aliphatic carbocycles. The van der Waals surface area contributed by atoms with Crippen molar-refractivity contribution in [2.75, 3.05) is 0 Å². The summed E-state index contributed by atoms with van der Waals surface area (Å²) in [5.74, 6) is -1.30. The fraction of sp³-hybridized carbons (Fsp3) is 0.417. The van der Waals surface area contributed by atoms with Crippen molar-refractivity contribution in [1.82, 2.24) is 0 Å². The Labute approximate surface area is 108 Å². The number of nitro groups is 1. The largest absolute Gasteiger partial charge is 0.306 e. The minimum atomic E-state index is -1.97. The minimum absolute atomic E-state index is 0.0239. The first-order valence-electron chi connectivity index (χ1n) is 5.62. The van der Waals surface area contributed by atoms with E-state index in [0.717, 1.165) is 6.07 Å². The Morgan fingerprint density at radius 1 is 1.39 bits per heavy atom. The van der Waals surface area contributed by atoms with Gasteiger partial charge < -0.3 is 0 Å². The topological polar surface area (TPSA) is 60.2 Å². The van der Waals surface area contributed by atoms with E-state index in [1.54, 1.807) is 0 Å². The Kier molecular flexibility index (Phi) is 3.34. The Morgan fingerprint density at radius 2 is 2.11 bits per heavy atom. The molecule has 2 rings (SSSR count). The lowest BCUT2D eigenvalue weighted by atomic mass is 9.76. The Hall–Kier alpha value is -1.49. The third-order valence-corrected chi connectivity index (χ3v) is 3.57. The van der Waals surface area contributed by atoms with E-state index in [1.807, 2.05) is 0 Å². The van der Waals surface area contributed by atoms with Crippen LogP contribution in [0.4, 0.5) is 4.39 Å². The van der Waals surface area contributed by atoms with Crippen LogP contribution in [-0.2, 0) is 10.3 Å². The zero-order chi connectivity index (χ0) is 13.3. The van der Waals surface area contributed by atoms with Crippen molar-refractivity contribution in [2.24, 2.45) is 0 Å². The third kappa shape index (κ3) is 1.88. The van der Waals surface area contributed by atoms with Crippen molar-refractivity contribution in [2.45, 2.75) is 31.2 Å². The Balaban J connectivity index is 2.63. The summed E-state index contributed by atoms with van der Waals surface area (Å²) in [7, 11) is 0. The van der Waals surface area contributed by atoms with Crippen molar-refractivity contribution in [3.63, 3.8) is 0 Å². The van der Waals surface area contributed by atoms with E-state index < -0.39 is 22.1 Å². The molecule has 0 amide bonds. The van der Waals surface area contributed by atoms with Crippen LogP contribution in [-0.4, -0.2) is 10.7 Å². The number of halogens is 2. The first-order valence-corrected chi connectivity index (χ1v) is 5.99. The molecule has 1 aromatic rings. The normalized spacial score (nSPS) is 24.0. The number of ketones is 1. The number of nitrogens with zero attached hydrogens (tertiary/aromatic N) is 1. The van der Waals surface area contributed by atoms with Gasteiger partial charge in [0.15, 0.2) is 0 Å². The minimum Gasteiger partial charge on any atom is -0.291 e. The van der Waals surface area contributed by atoms with Gasteiger partial charge >= 0.3 is 5.54 Å². The summed E-state index contributed by atoms with van der Waals surface area (Å²) in [4.78, 5) is 22.6. The van der Waals surface area contributed by atoms with Gasteiger partial charge in [-0.1, -0.05) is 11.6 Å². The number of carbonyl (C=O) groups excluding carboxylic acids is 1. The molecule has 1 unspecified atom stereocenters. The van der Waals surface area contributed by atoms with Crippen molar-refractivity contribution in [3.8, 4) is 0 Å². The molecule has 18 heavy (non-hydrogen) atoms. The van der Waals surface area contributed by atoms with E-state index in [9.17, 15) is 19.3 Å². The summed E-state index contributed by atoms with van der Waals surface area (Å²) < 4.78 is 13.8. The summed E-state index contributed by atoms with van der Waals surface area (Å²) in [5, 5.41) is 11.5. The van der Waals surface area contributed by atoms with Gasteiger partial charge in [-0.05, 0) is 31.0 Å². The molecule has 0 saturated heterocycles. The molecular formula is C12H11ClFNO3. The van der Waals surface area contributed by atoms with Crippen molar-refractivity contribution < 1.29 is 14.1 Å². The smallest absolute Gasteiger partial charge is 0.291 e. The van der Waals surface area contributed by atoms with Crippen LogP contribution in [0, 0.1) is 15.9 Å². The number of hydrogen-bond acceptors (Lipinski definition) is 3. The standard InChI is InChI=1S/C12H11ClFNO3/c13-8-4-5-10(14)9(7-8)12(15(17)18)6-2-1-3-11(12)16/h4-5,7H,1-3,6H2. The van der Waals surface area contributed by atoms with Crippen molar-refractivity contribution >= 4 is 17.4 Å². The number of carbonyl (C=O) groups is 1. The highest BCUT2D eigenvalue weighted by molar-refractivity contribution is 6.30. The summed E-state index contributed by atoms with van der Waals surface area (Å²) in [5.41, 5.74) is -2.18. The molecular weight excluding hydrogens is 261 g/mol. The molecule has 1 aliphatic rings. The van der Waals surface area contributed by atoms with Crippen LogP contribution in [0.25, 0.3) is 0 Å². The number of Topliss-reactive ketones (excluding diaryl/α,β-unsaturated/α-hetero) is 1. The van der Waals surface area contributed by atoms with Gasteiger partial charge in [-0.2, -0.15) is 0 Å². The van der Waals surface area contributed by atoms with E-state index in [-0.39, 0.29) is 23.4 Å². The van der Waals surface area contributed by atoms with Gasteiger partial charge in [0.2, 0.25) is 5.78 Å². The molecule has 0 N–H and O–H groups in total. The summed E-state index contributed by atoms with van der Waals surface area (Å²) in [6, 6.07) is 3.55. The molecule has 0 heterocycles. The van der Waals surface area contributed by atoms with Crippen LogP contribution < -0.4 is 0 Å². The lowest BCUT2D eigenvalue weighted by molar-refractivity contribution is -0.563. The fourth-order valence-corrected chi connectivity index (χ4v) is 2.58. The lowest BCUT2D eigenvalue weighted by Gasteiger charge is -2.28. The summed E-state index contributed by atoms with van der Waals surface area (Å²) in [6.07, 6.45) is 1.26. The van der Waals surface area contributed by atoms with Crippen LogP contribution in [0.1, 0.15) is 31.2 Å². The SMILES string of the molecule is O=C1CCCCC1(c1cc(Cl)ccc1F)[N+](=O)[O-]. The molecule has 4 nitrogen and oxygen atoms in total. The second kappa shape index (κ2) is 4.65. The van der Waals surface area contributed by atoms with E-state index >= 15 is 0 Å². The number of rotatable bonds is 2. The van der Waals surface area contributed by atoms with Gasteiger partial charge in [-0.15, -0.1) is 0 Å².